The average Bonchev–Trinajstić information content (AvgIpc) is 3.29. The quantitative estimate of drug-likeness (QED) is 0.723. The summed E-state index contributed by atoms with van der Waals surface area (Å²) in [4.78, 5) is 8.42. The van der Waals surface area contributed by atoms with Crippen molar-refractivity contribution in [2.24, 2.45) is 0 Å². The molecule has 3 saturated heterocycles. The molecule has 5 atom stereocenters. The maximum Gasteiger partial charge on any atom is 0.164 e. The number of aromatic nitrogens is 3. The monoisotopic (exact) mass is 395 g/mol. The number of ether oxygens (including phenoxy) is 5. The Bertz CT molecular complexity index is 885. The van der Waals surface area contributed by atoms with E-state index < -0.39 is 17.8 Å². The van der Waals surface area contributed by atoms with Crippen molar-refractivity contribution in [3.63, 3.8) is 0 Å². The lowest BCUT2D eigenvalue weighted by molar-refractivity contribution is -0.215. The number of hydrogen-bond acceptors (Lipinski definition) is 7. The molecule has 0 N–H and O–H groups in total. The highest BCUT2D eigenvalue weighted by Crippen LogP contribution is 2.46. The first-order chi connectivity index (χ1) is 12.7. The van der Waals surface area contributed by atoms with Gasteiger partial charge in [-0.1, -0.05) is 11.6 Å². The summed E-state index contributed by atoms with van der Waals surface area (Å²) in [5, 5.41) is 1.17. The topological polar surface area (TPSA) is 76.9 Å². The number of rotatable bonds is 2. The molecule has 3 fully saturated rings. The zero-order chi connectivity index (χ0) is 19.0. The van der Waals surface area contributed by atoms with Crippen LogP contribution in [0.4, 0.5) is 0 Å². The molecule has 146 valence electrons. The lowest BCUT2D eigenvalue weighted by atomic mass is 10.1. The Hall–Kier alpha value is -1.29. The lowest BCUT2D eigenvalue weighted by Crippen LogP contribution is -2.40. The van der Waals surface area contributed by atoms with Crippen LogP contribution in [0.1, 0.15) is 33.9 Å². The number of halogens is 1. The molecule has 3 aliphatic rings. The first kappa shape index (κ1) is 17.8. The molecule has 0 radical (unpaired) electrons. The van der Waals surface area contributed by atoms with E-state index in [1.165, 1.54) is 6.33 Å². The fourth-order valence-electron chi connectivity index (χ4n) is 4.15. The van der Waals surface area contributed by atoms with Crippen LogP contribution in [0.5, 0.6) is 0 Å². The van der Waals surface area contributed by atoms with E-state index in [2.05, 4.69) is 9.97 Å². The van der Waals surface area contributed by atoms with Crippen LogP contribution < -0.4 is 0 Å². The smallest absolute Gasteiger partial charge is 0.164 e. The van der Waals surface area contributed by atoms with E-state index in [0.29, 0.717) is 17.4 Å². The van der Waals surface area contributed by atoms with E-state index in [0.717, 1.165) is 5.39 Å². The molecular formula is C18H22ClN3O5. The number of nitrogens with zero attached hydrogens (tertiary/aromatic N) is 3. The normalized spacial score (nSPS) is 37.1. The van der Waals surface area contributed by atoms with Crippen molar-refractivity contribution in [1.29, 1.82) is 0 Å². The Kier molecular flexibility index (Phi) is 3.86. The highest BCUT2D eigenvalue weighted by atomic mass is 35.5. The predicted molar refractivity (Wildman–Crippen MR) is 95.2 cm³/mol. The Labute approximate surface area is 161 Å². The van der Waals surface area contributed by atoms with Gasteiger partial charge in [-0.2, -0.15) is 0 Å². The third-order valence-corrected chi connectivity index (χ3v) is 5.50. The molecule has 0 bridgehead atoms. The van der Waals surface area contributed by atoms with Crippen LogP contribution in [0.15, 0.2) is 18.6 Å². The molecule has 0 amide bonds. The minimum absolute atomic E-state index is 0.241. The first-order valence-corrected chi connectivity index (χ1v) is 9.42. The lowest BCUT2D eigenvalue weighted by Gasteiger charge is -2.27. The Morgan fingerprint density at radius 3 is 2.56 bits per heavy atom. The van der Waals surface area contributed by atoms with Crippen LogP contribution in [0, 0.1) is 0 Å². The summed E-state index contributed by atoms with van der Waals surface area (Å²) in [6, 6.07) is 1.88. The van der Waals surface area contributed by atoms with Crippen LogP contribution in [0.25, 0.3) is 11.0 Å². The van der Waals surface area contributed by atoms with Crippen LogP contribution >= 0.6 is 11.6 Å². The van der Waals surface area contributed by atoms with E-state index in [9.17, 15) is 0 Å². The summed E-state index contributed by atoms with van der Waals surface area (Å²) in [5.41, 5.74) is 0.691. The van der Waals surface area contributed by atoms with Gasteiger partial charge < -0.3 is 28.3 Å². The van der Waals surface area contributed by atoms with E-state index in [1.807, 2.05) is 44.5 Å². The van der Waals surface area contributed by atoms with Gasteiger partial charge in [-0.15, -0.1) is 0 Å². The van der Waals surface area contributed by atoms with Crippen molar-refractivity contribution in [3.05, 3.63) is 23.7 Å². The molecule has 5 rings (SSSR count). The Morgan fingerprint density at radius 1 is 1.04 bits per heavy atom. The third-order valence-electron chi connectivity index (χ3n) is 5.20. The van der Waals surface area contributed by atoms with Crippen molar-refractivity contribution < 1.29 is 23.7 Å². The average molecular weight is 396 g/mol. The maximum atomic E-state index is 6.40. The summed E-state index contributed by atoms with van der Waals surface area (Å²) < 4.78 is 32.5. The molecule has 8 nitrogen and oxygen atoms in total. The minimum Gasteiger partial charge on any atom is -0.348 e. The van der Waals surface area contributed by atoms with Gasteiger partial charge in [-0.25, -0.2) is 9.97 Å². The summed E-state index contributed by atoms with van der Waals surface area (Å²) in [6.07, 6.45) is 1.77. The zero-order valence-corrected chi connectivity index (χ0v) is 16.3. The molecular weight excluding hydrogens is 374 g/mol. The second-order valence-electron chi connectivity index (χ2n) is 8.05. The fourth-order valence-corrected chi connectivity index (χ4v) is 4.34. The molecule has 0 aromatic carbocycles. The Morgan fingerprint density at radius 2 is 1.81 bits per heavy atom. The van der Waals surface area contributed by atoms with Crippen molar-refractivity contribution >= 4 is 22.6 Å². The van der Waals surface area contributed by atoms with Gasteiger partial charge in [0.25, 0.3) is 0 Å². The van der Waals surface area contributed by atoms with Crippen LogP contribution in [-0.4, -0.2) is 57.1 Å². The summed E-state index contributed by atoms with van der Waals surface area (Å²) in [6.45, 7) is 8.04. The standard InChI is InChI=1S/C18H22ClN3O5/c1-17(2)23-7-10(25-17)11-12-13(27-18(3,4)26-12)16(24-11)22-6-5-9-14(19)20-8-21-15(9)22/h5-6,8,10-13,16H,7H2,1-4H3/t10-,11+,12-,13?,16-/m1/s1. The molecule has 3 aliphatic heterocycles. The highest BCUT2D eigenvalue weighted by Gasteiger charge is 2.59. The van der Waals surface area contributed by atoms with Gasteiger partial charge in [-0.3, -0.25) is 0 Å². The van der Waals surface area contributed by atoms with Gasteiger partial charge in [0, 0.05) is 6.20 Å². The number of hydrogen-bond donors (Lipinski definition) is 0. The molecule has 2 aromatic rings. The third kappa shape index (κ3) is 2.86. The molecule has 1 unspecified atom stereocenters. The molecule has 0 aliphatic carbocycles. The number of fused-ring (bicyclic) bond motifs is 2. The van der Waals surface area contributed by atoms with Crippen LogP contribution in [-0.2, 0) is 23.7 Å². The fraction of sp³-hybridized carbons (Fsp3) is 0.667. The second kappa shape index (κ2) is 5.85. The van der Waals surface area contributed by atoms with Crippen molar-refractivity contribution in [2.75, 3.05) is 6.61 Å². The van der Waals surface area contributed by atoms with Crippen molar-refractivity contribution in [1.82, 2.24) is 14.5 Å². The summed E-state index contributed by atoms with van der Waals surface area (Å²) >= 11 is 6.20. The molecule has 2 aromatic heterocycles. The van der Waals surface area contributed by atoms with E-state index >= 15 is 0 Å². The van der Waals surface area contributed by atoms with Crippen LogP contribution in [0.3, 0.4) is 0 Å². The Balaban J connectivity index is 1.52. The van der Waals surface area contributed by atoms with Gasteiger partial charge in [0.2, 0.25) is 0 Å². The molecule has 27 heavy (non-hydrogen) atoms. The summed E-state index contributed by atoms with van der Waals surface area (Å²) in [7, 11) is 0. The van der Waals surface area contributed by atoms with Crippen molar-refractivity contribution in [2.45, 2.75) is 69.9 Å². The second-order valence-corrected chi connectivity index (χ2v) is 8.41. The van der Waals surface area contributed by atoms with Gasteiger partial charge in [0.15, 0.2) is 17.8 Å². The minimum atomic E-state index is -0.708. The van der Waals surface area contributed by atoms with Crippen molar-refractivity contribution in [3.8, 4) is 0 Å². The molecule has 0 spiro atoms. The van der Waals surface area contributed by atoms with Gasteiger partial charge >= 0.3 is 0 Å². The van der Waals surface area contributed by atoms with Crippen LogP contribution in [0.2, 0.25) is 5.15 Å². The van der Waals surface area contributed by atoms with E-state index in [1.54, 1.807) is 0 Å². The van der Waals surface area contributed by atoms with Gasteiger partial charge in [0.1, 0.15) is 41.5 Å². The largest absolute Gasteiger partial charge is 0.348 e. The van der Waals surface area contributed by atoms with Gasteiger partial charge in [0.05, 0.1) is 12.0 Å². The highest BCUT2D eigenvalue weighted by molar-refractivity contribution is 6.33. The zero-order valence-electron chi connectivity index (χ0n) is 15.6. The SMILES string of the molecule is CC1(C)OC[C@H]([C@@H]2O[C@@H](n3ccc4c(Cl)ncnc43)C3OC(C)(C)O[C@@H]32)O1. The first-order valence-electron chi connectivity index (χ1n) is 9.04. The molecule has 9 heteroatoms. The molecule has 5 heterocycles. The molecule has 0 saturated carbocycles. The van der Waals surface area contributed by atoms with E-state index in [4.69, 9.17) is 35.3 Å². The summed E-state index contributed by atoms with van der Waals surface area (Å²) in [5.74, 6) is -1.35. The maximum absolute atomic E-state index is 6.40. The van der Waals surface area contributed by atoms with Gasteiger partial charge in [-0.05, 0) is 33.8 Å². The predicted octanol–water partition coefficient (Wildman–Crippen LogP) is 2.65. The van der Waals surface area contributed by atoms with E-state index in [-0.39, 0.29) is 24.4 Å².